The first-order valence-electron chi connectivity index (χ1n) is 4.82. The highest BCUT2D eigenvalue weighted by molar-refractivity contribution is 7.89. The van der Waals surface area contributed by atoms with Gasteiger partial charge in [0, 0.05) is 25.6 Å². The summed E-state index contributed by atoms with van der Waals surface area (Å²) in [5.74, 6) is -0.400. The Bertz CT molecular complexity index is 288. The second kappa shape index (κ2) is 6.76. The van der Waals surface area contributed by atoms with E-state index < -0.39 is 10.0 Å². The normalized spacial score (nSPS) is 11.7. The van der Waals surface area contributed by atoms with Crippen LogP contribution in [0.1, 0.15) is 20.3 Å². The molecule has 0 radical (unpaired) electrons. The minimum atomic E-state index is -3.48. The highest BCUT2D eigenvalue weighted by Crippen LogP contribution is 1.82. The maximum atomic E-state index is 11.1. The number of nitrogens with one attached hydrogen (secondary N) is 2. The van der Waals surface area contributed by atoms with Crippen LogP contribution in [0.3, 0.4) is 0 Å². The fourth-order valence-corrected chi connectivity index (χ4v) is 1.28. The van der Waals surface area contributed by atoms with Crippen LogP contribution in [0.4, 0.5) is 0 Å². The lowest BCUT2D eigenvalue weighted by Gasteiger charge is -2.07. The molecule has 6 nitrogen and oxygen atoms in total. The summed E-state index contributed by atoms with van der Waals surface area (Å²) < 4.78 is 21.1. The van der Waals surface area contributed by atoms with Gasteiger partial charge in [0.1, 0.15) is 0 Å². The van der Waals surface area contributed by atoms with Crippen LogP contribution in [-0.2, 0) is 14.8 Å². The Hall–Kier alpha value is -0.660. The predicted octanol–water partition coefficient (Wildman–Crippen LogP) is -1.22. The first-order chi connectivity index (χ1) is 6.81. The maximum absolute atomic E-state index is 11.1. The van der Waals surface area contributed by atoms with E-state index in [1.54, 1.807) is 0 Å². The van der Waals surface area contributed by atoms with Crippen molar-refractivity contribution >= 4 is 15.9 Å². The maximum Gasteiger partial charge on any atom is 0.221 e. The Morgan fingerprint density at radius 2 is 1.93 bits per heavy atom. The number of carbonyl (C=O) groups is 1. The molecule has 0 bridgehead atoms. The molecule has 0 aromatic rings. The van der Waals surface area contributed by atoms with Crippen molar-refractivity contribution in [2.75, 3.05) is 18.8 Å². The lowest BCUT2D eigenvalue weighted by Crippen LogP contribution is -2.34. The van der Waals surface area contributed by atoms with Gasteiger partial charge in [0.15, 0.2) is 0 Å². The molecule has 90 valence electrons. The van der Waals surface area contributed by atoms with E-state index in [0.717, 1.165) is 0 Å². The standard InChI is InChI=1S/C8H19N3O3S/c1-7(2)10-4-3-8(12)11-5-6-15(9,13)14/h7,10H,3-6H2,1-2H3,(H,11,12)(H2,9,13,14). The van der Waals surface area contributed by atoms with Gasteiger partial charge in [-0.05, 0) is 0 Å². The highest BCUT2D eigenvalue weighted by Gasteiger charge is 2.05. The molecule has 0 aliphatic heterocycles. The van der Waals surface area contributed by atoms with Gasteiger partial charge in [0.2, 0.25) is 15.9 Å². The molecule has 0 unspecified atom stereocenters. The SMILES string of the molecule is CC(C)NCCC(=O)NCCS(N)(=O)=O. The summed E-state index contributed by atoms with van der Waals surface area (Å²) >= 11 is 0. The lowest BCUT2D eigenvalue weighted by atomic mass is 10.3. The van der Waals surface area contributed by atoms with Gasteiger partial charge in [0.05, 0.1) is 5.75 Å². The molecule has 0 atom stereocenters. The molecule has 4 N–H and O–H groups in total. The molecule has 1 amide bonds. The first kappa shape index (κ1) is 14.3. The average molecular weight is 237 g/mol. The Morgan fingerprint density at radius 3 is 2.40 bits per heavy atom. The van der Waals surface area contributed by atoms with Gasteiger partial charge >= 0.3 is 0 Å². The Morgan fingerprint density at radius 1 is 1.33 bits per heavy atom. The molecule has 0 aromatic carbocycles. The first-order valence-corrected chi connectivity index (χ1v) is 6.53. The second-order valence-corrected chi connectivity index (χ2v) is 5.31. The van der Waals surface area contributed by atoms with E-state index in [1.165, 1.54) is 0 Å². The predicted molar refractivity (Wildman–Crippen MR) is 58.7 cm³/mol. The summed E-state index contributed by atoms with van der Waals surface area (Å²) in [4.78, 5) is 11.1. The Kier molecular flexibility index (Phi) is 6.46. The van der Waals surface area contributed by atoms with Crippen LogP contribution in [0.25, 0.3) is 0 Å². The molecular formula is C8H19N3O3S. The number of hydrogen-bond acceptors (Lipinski definition) is 4. The van der Waals surface area contributed by atoms with Crippen LogP contribution in [0.15, 0.2) is 0 Å². The number of primary sulfonamides is 1. The van der Waals surface area contributed by atoms with Gasteiger partial charge in [0.25, 0.3) is 0 Å². The number of carbonyl (C=O) groups excluding carboxylic acids is 1. The van der Waals surface area contributed by atoms with Gasteiger partial charge in [-0.3, -0.25) is 4.79 Å². The third-order valence-corrected chi connectivity index (χ3v) is 2.39. The molecule has 0 aromatic heterocycles. The van der Waals surface area contributed by atoms with E-state index >= 15 is 0 Å². The van der Waals surface area contributed by atoms with Crippen molar-refractivity contribution < 1.29 is 13.2 Å². The quantitative estimate of drug-likeness (QED) is 0.516. The van der Waals surface area contributed by atoms with Crippen LogP contribution in [0.5, 0.6) is 0 Å². The largest absolute Gasteiger partial charge is 0.355 e. The van der Waals surface area contributed by atoms with Crippen LogP contribution >= 0.6 is 0 Å². The molecule has 0 rings (SSSR count). The lowest BCUT2D eigenvalue weighted by molar-refractivity contribution is -0.120. The van der Waals surface area contributed by atoms with E-state index in [0.29, 0.717) is 19.0 Å². The van der Waals surface area contributed by atoms with Gasteiger partial charge in [-0.1, -0.05) is 13.8 Å². The van der Waals surface area contributed by atoms with E-state index in [1.807, 2.05) is 13.8 Å². The topological polar surface area (TPSA) is 101 Å². The monoisotopic (exact) mass is 237 g/mol. The van der Waals surface area contributed by atoms with Gasteiger partial charge < -0.3 is 10.6 Å². The molecule has 15 heavy (non-hydrogen) atoms. The van der Waals surface area contributed by atoms with Crippen molar-refractivity contribution in [2.45, 2.75) is 26.3 Å². The number of amides is 1. The summed E-state index contributed by atoms with van der Waals surface area (Å²) in [6, 6.07) is 0.335. The minimum absolute atomic E-state index is 0.0688. The van der Waals surface area contributed by atoms with Crippen molar-refractivity contribution in [3.05, 3.63) is 0 Å². The molecule has 0 saturated heterocycles. The van der Waals surface area contributed by atoms with E-state index in [9.17, 15) is 13.2 Å². The van der Waals surface area contributed by atoms with Crippen molar-refractivity contribution in [2.24, 2.45) is 5.14 Å². The second-order valence-electron chi connectivity index (χ2n) is 3.58. The van der Waals surface area contributed by atoms with Crippen LogP contribution < -0.4 is 15.8 Å². The van der Waals surface area contributed by atoms with Crippen molar-refractivity contribution in [1.82, 2.24) is 10.6 Å². The van der Waals surface area contributed by atoms with E-state index in [2.05, 4.69) is 10.6 Å². The Labute approximate surface area is 90.7 Å². The van der Waals surface area contributed by atoms with Crippen molar-refractivity contribution in [3.8, 4) is 0 Å². The third kappa shape index (κ3) is 11.3. The number of hydrogen-bond donors (Lipinski definition) is 3. The smallest absolute Gasteiger partial charge is 0.221 e. The molecule has 0 spiro atoms. The summed E-state index contributed by atoms with van der Waals surface area (Å²) in [7, 11) is -3.48. The van der Waals surface area contributed by atoms with Crippen molar-refractivity contribution in [3.63, 3.8) is 0 Å². The zero-order chi connectivity index (χ0) is 11.9. The van der Waals surface area contributed by atoms with Crippen LogP contribution in [-0.4, -0.2) is 39.2 Å². The zero-order valence-corrected chi connectivity index (χ0v) is 9.93. The van der Waals surface area contributed by atoms with E-state index in [4.69, 9.17) is 5.14 Å². The minimum Gasteiger partial charge on any atom is -0.355 e. The summed E-state index contributed by atoms with van der Waals surface area (Å²) in [6.07, 6.45) is 0.336. The Balaban J connectivity index is 3.50. The molecule has 0 heterocycles. The van der Waals surface area contributed by atoms with E-state index in [-0.39, 0.29) is 18.2 Å². The fourth-order valence-electron chi connectivity index (χ4n) is 0.895. The van der Waals surface area contributed by atoms with Crippen LogP contribution in [0, 0.1) is 0 Å². The molecular weight excluding hydrogens is 218 g/mol. The number of sulfonamides is 1. The summed E-state index contributed by atoms with van der Waals surface area (Å²) in [5, 5.41) is 10.3. The molecule has 7 heteroatoms. The summed E-state index contributed by atoms with van der Waals surface area (Å²) in [6.45, 7) is 4.62. The average Bonchev–Trinajstić information content (AvgIpc) is 2.00. The molecule has 0 saturated carbocycles. The number of rotatable bonds is 7. The fraction of sp³-hybridized carbons (Fsp3) is 0.875. The highest BCUT2D eigenvalue weighted by atomic mass is 32.2. The van der Waals surface area contributed by atoms with Gasteiger partial charge in [-0.2, -0.15) is 0 Å². The van der Waals surface area contributed by atoms with Crippen molar-refractivity contribution in [1.29, 1.82) is 0 Å². The van der Waals surface area contributed by atoms with Gasteiger partial charge in [-0.15, -0.1) is 0 Å². The molecule has 0 aliphatic carbocycles. The molecule has 0 aliphatic rings. The third-order valence-electron chi connectivity index (χ3n) is 1.61. The number of nitrogens with two attached hydrogens (primary N) is 1. The molecule has 0 fully saturated rings. The van der Waals surface area contributed by atoms with Crippen LogP contribution in [0.2, 0.25) is 0 Å². The van der Waals surface area contributed by atoms with Gasteiger partial charge in [-0.25, -0.2) is 13.6 Å². The zero-order valence-electron chi connectivity index (χ0n) is 9.12. The summed E-state index contributed by atoms with van der Waals surface area (Å²) in [5.41, 5.74) is 0.